The maximum Gasteiger partial charge on any atom is 0.337 e. The van der Waals surface area contributed by atoms with Crippen molar-refractivity contribution in [2.45, 2.75) is 20.0 Å². The average Bonchev–Trinajstić information content (AvgIpc) is 2.27. The average molecular weight is 287 g/mol. The van der Waals surface area contributed by atoms with Gasteiger partial charge in [0, 0.05) is 0 Å². The van der Waals surface area contributed by atoms with Crippen molar-refractivity contribution in [2.24, 2.45) is 0 Å². The van der Waals surface area contributed by atoms with Crippen LogP contribution >= 0.6 is 0 Å². The molecule has 0 unspecified atom stereocenters. The first-order valence-corrected chi connectivity index (χ1v) is 7.41. The Morgan fingerprint density at radius 3 is 2.58 bits per heavy atom. The van der Waals surface area contributed by atoms with E-state index >= 15 is 0 Å². The Hall–Kier alpha value is -1.60. The molecule has 2 N–H and O–H groups in total. The van der Waals surface area contributed by atoms with Crippen LogP contribution in [-0.2, 0) is 14.8 Å². The molecule has 1 aromatic carbocycles. The third-order valence-electron chi connectivity index (χ3n) is 2.23. The summed E-state index contributed by atoms with van der Waals surface area (Å²) in [6, 6.07) is 5.84. The van der Waals surface area contributed by atoms with E-state index in [9.17, 15) is 13.2 Å². The van der Waals surface area contributed by atoms with Crippen molar-refractivity contribution >= 4 is 21.7 Å². The van der Waals surface area contributed by atoms with Gasteiger partial charge in [0.05, 0.1) is 29.7 Å². The highest BCUT2D eigenvalue weighted by Crippen LogP contribution is 2.16. The lowest BCUT2D eigenvalue weighted by atomic mass is 10.2. The summed E-state index contributed by atoms with van der Waals surface area (Å²) in [5.41, 5.74) is -0.0320. The summed E-state index contributed by atoms with van der Waals surface area (Å²) in [5, 5.41) is 8.95. The van der Waals surface area contributed by atoms with Crippen molar-refractivity contribution in [2.75, 3.05) is 17.1 Å². The minimum Gasteiger partial charge on any atom is -0.478 e. The topological polar surface area (TPSA) is 92.7 Å². The Labute approximate surface area is 112 Å². The molecular formula is C12H17NO5S. The number of carboxylic acid groups (broad SMARTS) is 1. The number of aromatic carboxylic acids is 1. The third-order valence-corrected chi connectivity index (χ3v) is 3.46. The van der Waals surface area contributed by atoms with Gasteiger partial charge in [-0.1, -0.05) is 12.1 Å². The van der Waals surface area contributed by atoms with Gasteiger partial charge in [0.15, 0.2) is 0 Å². The first-order chi connectivity index (χ1) is 8.82. The second kappa shape index (κ2) is 6.53. The van der Waals surface area contributed by atoms with Gasteiger partial charge in [0.2, 0.25) is 10.0 Å². The molecule has 6 nitrogen and oxygen atoms in total. The molecule has 0 saturated heterocycles. The van der Waals surface area contributed by atoms with E-state index in [1.807, 2.05) is 0 Å². The Kier molecular flexibility index (Phi) is 5.31. The smallest absolute Gasteiger partial charge is 0.337 e. The molecule has 0 amide bonds. The summed E-state index contributed by atoms with van der Waals surface area (Å²) in [6.07, 6.45) is -0.0542. The van der Waals surface area contributed by atoms with Gasteiger partial charge in [-0.05, 0) is 26.0 Å². The number of benzene rings is 1. The molecule has 0 radical (unpaired) electrons. The lowest BCUT2D eigenvalue weighted by Gasteiger charge is -2.11. The summed E-state index contributed by atoms with van der Waals surface area (Å²) in [6.45, 7) is 3.67. The first kappa shape index (κ1) is 15.5. The Morgan fingerprint density at radius 2 is 2.00 bits per heavy atom. The molecular weight excluding hydrogens is 270 g/mol. The molecule has 0 aliphatic rings. The molecule has 7 heteroatoms. The number of hydrogen-bond acceptors (Lipinski definition) is 4. The summed E-state index contributed by atoms with van der Waals surface area (Å²) >= 11 is 0. The monoisotopic (exact) mass is 287 g/mol. The van der Waals surface area contributed by atoms with Crippen molar-refractivity contribution in [1.29, 1.82) is 0 Å². The van der Waals surface area contributed by atoms with Crippen LogP contribution in [0.2, 0.25) is 0 Å². The number of sulfonamides is 1. The largest absolute Gasteiger partial charge is 0.478 e. The standard InChI is InChI=1S/C12H17NO5S/c1-9(2)18-7-8-19(16,17)13-11-6-4-3-5-10(11)12(14)15/h3-6,9,13H,7-8H2,1-2H3,(H,14,15). The van der Waals surface area contributed by atoms with E-state index in [2.05, 4.69) is 4.72 Å². The summed E-state index contributed by atoms with van der Waals surface area (Å²) < 4.78 is 31.0. The van der Waals surface area contributed by atoms with Gasteiger partial charge >= 0.3 is 5.97 Å². The van der Waals surface area contributed by atoms with Crippen LogP contribution in [0.15, 0.2) is 24.3 Å². The molecule has 0 fully saturated rings. The van der Waals surface area contributed by atoms with Gasteiger partial charge < -0.3 is 9.84 Å². The second-order valence-corrected chi connectivity index (χ2v) is 6.03. The quantitative estimate of drug-likeness (QED) is 0.793. The van der Waals surface area contributed by atoms with E-state index in [-0.39, 0.29) is 29.7 Å². The minimum absolute atomic E-state index is 0.0542. The van der Waals surface area contributed by atoms with Gasteiger partial charge in [-0.2, -0.15) is 0 Å². The highest BCUT2D eigenvalue weighted by atomic mass is 32.2. The molecule has 1 rings (SSSR count). The normalized spacial score (nSPS) is 11.5. The molecule has 0 aromatic heterocycles. The summed E-state index contributed by atoms with van der Waals surface area (Å²) in [4.78, 5) is 11.0. The number of rotatable bonds is 7. The maximum atomic E-state index is 11.8. The molecule has 0 saturated carbocycles. The zero-order chi connectivity index (χ0) is 14.5. The van der Waals surface area contributed by atoms with Crippen molar-refractivity contribution in [3.8, 4) is 0 Å². The van der Waals surface area contributed by atoms with Crippen LogP contribution in [0.25, 0.3) is 0 Å². The molecule has 0 atom stereocenters. The van der Waals surface area contributed by atoms with E-state index in [1.165, 1.54) is 18.2 Å². The Morgan fingerprint density at radius 1 is 1.37 bits per heavy atom. The number of nitrogens with one attached hydrogen (secondary N) is 1. The van der Waals surface area contributed by atoms with E-state index in [0.29, 0.717) is 0 Å². The molecule has 0 heterocycles. The molecule has 0 bridgehead atoms. The fourth-order valence-corrected chi connectivity index (χ4v) is 2.30. The van der Waals surface area contributed by atoms with Crippen LogP contribution < -0.4 is 4.72 Å². The van der Waals surface area contributed by atoms with Crippen molar-refractivity contribution in [3.05, 3.63) is 29.8 Å². The van der Waals surface area contributed by atoms with Gasteiger partial charge in [0.25, 0.3) is 0 Å². The van der Waals surface area contributed by atoms with E-state index < -0.39 is 16.0 Å². The van der Waals surface area contributed by atoms with Gasteiger partial charge in [0.1, 0.15) is 0 Å². The van der Waals surface area contributed by atoms with E-state index in [1.54, 1.807) is 19.9 Å². The Bertz CT molecular complexity index is 539. The van der Waals surface area contributed by atoms with Crippen molar-refractivity contribution < 1.29 is 23.1 Å². The van der Waals surface area contributed by atoms with Crippen LogP contribution in [0.3, 0.4) is 0 Å². The maximum absolute atomic E-state index is 11.8. The second-order valence-electron chi connectivity index (χ2n) is 4.19. The van der Waals surface area contributed by atoms with E-state index in [0.717, 1.165) is 0 Å². The minimum atomic E-state index is -3.62. The van der Waals surface area contributed by atoms with Crippen LogP contribution in [0, 0.1) is 0 Å². The number of ether oxygens (including phenoxy) is 1. The number of hydrogen-bond donors (Lipinski definition) is 2. The number of anilines is 1. The SMILES string of the molecule is CC(C)OCCS(=O)(=O)Nc1ccccc1C(=O)O. The molecule has 1 aromatic rings. The molecule has 0 aliphatic carbocycles. The highest BCUT2D eigenvalue weighted by molar-refractivity contribution is 7.92. The lowest BCUT2D eigenvalue weighted by Crippen LogP contribution is -2.22. The number of carbonyl (C=O) groups is 1. The molecule has 0 aliphatic heterocycles. The third kappa shape index (κ3) is 5.27. The van der Waals surface area contributed by atoms with Crippen LogP contribution in [0.1, 0.15) is 24.2 Å². The molecule has 0 spiro atoms. The number of para-hydroxylation sites is 1. The predicted octanol–water partition coefficient (Wildman–Crippen LogP) is 1.55. The zero-order valence-corrected chi connectivity index (χ0v) is 11.6. The van der Waals surface area contributed by atoms with Crippen molar-refractivity contribution in [1.82, 2.24) is 0 Å². The van der Waals surface area contributed by atoms with Crippen LogP contribution in [0.4, 0.5) is 5.69 Å². The highest BCUT2D eigenvalue weighted by Gasteiger charge is 2.15. The molecule has 19 heavy (non-hydrogen) atoms. The fraction of sp³-hybridized carbons (Fsp3) is 0.417. The lowest BCUT2D eigenvalue weighted by molar-refractivity contribution is 0.0698. The molecule has 106 valence electrons. The van der Waals surface area contributed by atoms with Crippen LogP contribution in [0.5, 0.6) is 0 Å². The fourth-order valence-electron chi connectivity index (χ4n) is 1.37. The van der Waals surface area contributed by atoms with Gasteiger partial charge in [-0.3, -0.25) is 4.72 Å². The first-order valence-electron chi connectivity index (χ1n) is 5.76. The number of carboxylic acids is 1. The van der Waals surface area contributed by atoms with E-state index in [4.69, 9.17) is 9.84 Å². The summed E-state index contributed by atoms with van der Waals surface area (Å²) in [5.74, 6) is -1.41. The van der Waals surface area contributed by atoms with Gasteiger partial charge in [-0.25, -0.2) is 13.2 Å². The van der Waals surface area contributed by atoms with Gasteiger partial charge in [-0.15, -0.1) is 0 Å². The predicted molar refractivity (Wildman–Crippen MR) is 71.9 cm³/mol. The zero-order valence-electron chi connectivity index (χ0n) is 10.8. The van der Waals surface area contributed by atoms with Crippen LogP contribution in [-0.4, -0.2) is 38.0 Å². The Balaban J connectivity index is 2.76. The summed E-state index contributed by atoms with van der Waals surface area (Å²) in [7, 11) is -3.62. The van der Waals surface area contributed by atoms with Crippen molar-refractivity contribution in [3.63, 3.8) is 0 Å².